The van der Waals surface area contributed by atoms with E-state index in [1.54, 1.807) is 0 Å². The molecule has 1 rings (SSSR count). The van der Waals surface area contributed by atoms with Gasteiger partial charge in [-0.2, -0.15) is 8.42 Å². The van der Waals surface area contributed by atoms with Gasteiger partial charge in [0.05, 0.1) is 6.26 Å². The SMILES string of the molecule is CCCCCCCC[n+]1ccc(CCC)cc1.CS(=O)(=O)O. The standard InChI is InChI=1S/C16H28N.CH4O3S/c1-3-5-6-7-8-9-13-17-14-11-16(10-4-2)12-15-17;1-5(2,3)4/h11-12,14-15H,3-10,13H2,1-2H3;1H3,(H,2,3,4)/q+1;. The third kappa shape index (κ3) is 15.4. The molecule has 0 aliphatic heterocycles. The topological polar surface area (TPSA) is 58.2 Å². The van der Waals surface area contributed by atoms with Crippen molar-refractivity contribution in [1.82, 2.24) is 0 Å². The Balaban J connectivity index is 0.000000763. The highest BCUT2D eigenvalue weighted by atomic mass is 32.2. The van der Waals surface area contributed by atoms with Gasteiger partial charge in [0, 0.05) is 18.6 Å². The lowest BCUT2D eigenvalue weighted by Gasteiger charge is -2.00. The van der Waals surface area contributed by atoms with Gasteiger partial charge in [-0.25, -0.2) is 4.57 Å². The minimum atomic E-state index is -3.67. The first kappa shape index (κ1) is 21.1. The van der Waals surface area contributed by atoms with Crippen LogP contribution in [0.1, 0.15) is 64.4 Å². The third-order valence-corrected chi connectivity index (χ3v) is 3.27. The molecule has 0 spiro atoms. The average Bonchev–Trinajstić information content (AvgIpc) is 2.43. The Morgan fingerprint density at radius 2 is 1.45 bits per heavy atom. The van der Waals surface area contributed by atoms with E-state index in [0.29, 0.717) is 6.26 Å². The van der Waals surface area contributed by atoms with Crippen LogP contribution in [0.4, 0.5) is 0 Å². The van der Waals surface area contributed by atoms with Gasteiger partial charge in [-0.05, 0) is 18.4 Å². The van der Waals surface area contributed by atoms with E-state index in [-0.39, 0.29) is 0 Å². The van der Waals surface area contributed by atoms with Gasteiger partial charge in [-0.1, -0.05) is 46.0 Å². The first-order chi connectivity index (χ1) is 10.4. The lowest BCUT2D eigenvalue weighted by Crippen LogP contribution is -2.32. The monoisotopic (exact) mass is 330 g/mol. The van der Waals surface area contributed by atoms with Crippen molar-refractivity contribution in [3.8, 4) is 0 Å². The van der Waals surface area contributed by atoms with Crippen LogP contribution in [0.5, 0.6) is 0 Å². The van der Waals surface area contributed by atoms with Crippen molar-refractivity contribution in [3.63, 3.8) is 0 Å². The van der Waals surface area contributed by atoms with E-state index in [9.17, 15) is 8.42 Å². The summed E-state index contributed by atoms with van der Waals surface area (Å²) in [5.74, 6) is 0. The fourth-order valence-corrected chi connectivity index (χ4v) is 2.17. The zero-order valence-corrected chi connectivity index (χ0v) is 15.1. The number of aryl methyl sites for hydroxylation is 2. The van der Waals surface area contributed by atoms with E-state index < -0.39 is 10.1 Å². The second-order valence-corrected chi connectivity index (χ2v) is 7.16. The van der Waals surface area contributed by atoms with E-state index in [0.717, 1.165) is 0 Å². The molecule has 1 heterocycles. The molecule has 0 aliphatic carbocycles. The zero-order chi connectivity index (χ0) is 16.8. The van der Waals surface area contributed by atoms with Gasteiger partial charge in [0.25, 0.3) is 10.1 Å². The molecule has 1 N–H and O–H groups in total. The maximum atomic E-state index is 9.19. The summed E-state index contributed by atoms with van der Waals surface area (Å²) in [4.78, 5) is 0. The Kier molecular flexibility index (Phi) is 12.1. The van der Waals surface area contributed by atoms with Crippen molar-refractivity contribution in [2.75, 3.05) is 6.26 Å². The van der Waals surface area contributed by atoms with Gasteiger partial charge in [-0.3, -0.25) is 4.55 Å². The molecule has 128 valence electrons. The molecule has 0 aliphatic rings. The largest absolute Gasteiger partial charge is 0.286 e. The van der Waals surface area contributed by atoms with E-state index in [2.05, 4.69) is 42.9 Å². The van der Waals surface area contributed by atoms with Crippen molar-refractivity contribution < 1.29 is 17.5 Å². The predicted molar refractivity (Wildman–Crippen MR) is 91.5 cm³/mol. The van der Waals surface area contributed by atoms with E-state index in [4.69, 9.17) is 4.55 Å². The molecule has 5 heteroatoms. The predicted octanol–water partition coefficient (Wildman–Crippen LogP) is 3.79. The average molecular weight is 331 g/mol. The van der Waals surface area contributed by atoms with Crippen molar-refractivity contribution >= 4 is 10.1 Å². The molecule has 0 amide bonds. The number of pyridine rings is 1. The number of unbranched alkanes of at least 4 members (excludes halogenated alkanes) is 5. The smallest absolute Gasteiger partial charge is 0.261 e. The molecule has 0 saturated carbocycles. The Morgan fingerprint density at radius 1 is 0.955 bits per heavy atom. The Morgan fingerprint density at radius 3 is 1.95 bits per heavy atom. The summed E-state index contributed by atoms with van der Waals surface area (Å²) in [7, 11) is -3.67. The molecule has 1 aromatic rings. The second kappa shape index (κ2) is 12.6. The van der Waals surface area contributed by atoms with Crippen molar-refractivity contribution in [2.45, 2.75) is 71.8 Å². The first-order valence-electron chi connectivity index (χ1n) is 8.27. The van der Waals surface area contributed by atoms with Crippen LogP contribution in [0.15, 0.2) is 24.5 Å². The van der Waals surface area contributed by atoms with Gasteiger partial charge in [0.1, 0.15) is 6.54 Å². The second-order valence-electron chi connectivity index (χ2n) is 5.70. The quantitative estimate of drug-likeness (QED) is 0.426. The fourth-order valence-electron chi connectivity index (χ4n) is 2.17. The van der Waals surface area contributed by atoms with E-state index in [1.807, 2.05) is 0 Å². The van der Waals surface area contributed by atoms with Gasteiger partial charge >= 0.3 is 0 Å². The molecule has 0 fully saturated rings. The van der Waals surface area contributed by atoms with Crippen molar-refractivity contribution in [3.05, 3.63) is 30.1 Å². The summed E-state index contributed by atoms with van der Waals surface area (Å²) in [6, 6.07) is 4.53. The number of nitrogens with zero attached hydrogens (tertiary/aromatic N) is 1. The highest BCUT2D eigenvalue weighted by Crippen LogP contribution is 2.05. The van der Waals surface area contributed by atoms with Crippen LogP contribution < -0.4 is 4.57 Å². The molecule has 0 aromatic carbocycles. The van der Waals surface area contributed by atoms with Crippen LogP contribution in [-0.2, 0) is 23.1 Å². The van der Waals surface area contributed by atoms with Gasteiger partial charge < -0.3 is 0 Å². The molecule has 0 bridgehead atoms. The van der Waals surface area contributed by atoms with E-state index >= 15 is 0 Å². The van der Waals surface area contributed by atoms with Crippen molar-refractivity contribution in [1.29, 1.82) is 0 Å². The molecular formula is C17H32NO3S+. The van der Waals surface area contributed by atoms with Crippen LogP contribution >= 0.6 is 0 Å². The normalized spacial score (nSPS) is 10.9. The van der Waals surface area contributed by atoms with Crippen LogP contribution in [-0.4, -0.2) is 19.2 Å². The summed E-state index contributed by atoms with van der Waals surface area (Å²) >= 11 is 0. The summed E-state index contributed by atoms with van der Waals surface area (Å²) in [5.41, 5.74) is 1.46. The molecule has 0 unspecified atom stereocenters. The van der Waals surface area contributed by atoms with E-state index in [1.165, 1.54) is 63.5 Å². The number of rotatable bonds is 9. The minimum Gasteiger partial charge on any atom is -0.286 e. The minimum absolute atomic E-state index is 0.715. The Bertz CT molecular complexity index is 461. The maximum absolute atomic E-state index is 9.19. The zero-order valence-electron chi connectivity index (χ0n) is 14.3. The molecule has 0 saturated heterocycles. The molecule has 4 nitrogen and oxygen atoms in total. The van der Waals surface area contributed by atoms with Crippen molar-refractivity contribution in [2.24, 2.45) is 0 Å². The highest BCUT2D eigenvalue weighted by molar-refractivity contribution is 7.85. The first-order valence-corrected chi connectivity index (χ1v) is 10.1. The Labute approximate surface area is 136 Å². The fraction of sp³-hybridized carbons (Fsp3) is 0.706. The number of aromatic nitrogens is 1. The third-order valence-electron chi connectivity index (χ3n) is 3.27. The Hall–Kier alpha value is -0.940. The maximum Gasteiger partial charge on any atom is 0.261 e. The summed E-state index contributed by atoms with van der Waals surface area (Å²) < 4.78 is 28.2. The highest BCUT2D eigenvalue weighted by Gasteiger charge is 2.00. The van der Waals surface area contributed by atoms with Gasteiger partial charge in [0.15, 0.2) is 12.4 Å². The van der Waals surface area contributed by atoms with Gasteiger partial charge in [-0.15, -0.1) is 0 Å². The molecule has 22 heavy (non-hydrogen) atoms. The number of hydrogen-bond donors (Lipinski definition) is 1. The van der Waals surface area contributed by atoms with Gasteiger partial charge in [0.2, 0.25) is 0 Å². The molecule has 0 atom stereocenters. The number of hydrogen-bond acceptors (Lipinski definition) is 2. The van der Waals surface area contributed by atoms with Crippen LogP contribution in [0.25, 0.3) is 0 Å². The summed E-state index contributed by atoms with van der Waals surface area (Å²) in [6.07, 6.45) is 15.9. The van der Waals surface area contributed by atoms with Crippen LogP contribution in [0, 0.1) is 0 Å². The molecule has 1 aromatic heterocycles. The summed E-state index contributed by atoms with van der Waals surface area (Å²) in [6.45, 7) is 5.68. The lowest BCUT2D eigenvalue weighted by atomic mass is 10.1. The molecular weight excluding hydrogens is 298 g/mol. The van der Waals surface area contributed by atoms with Crippen LogP contribution in [0.3, 0.4) is 0 Å². The lowest BCUT2D eigenvalue weighted by molar-refractivity contribution is -0.697. The van der Waals surface area contributed by atoms with Crippen LogP contribution in [0.2, 0.25) is 0 Å². The summed E-state index contributed by atoms with van der Waals surface area (Å²) in [5, 5.41) is 0. The molecule has 0 radical (unpaired) electrons.